The number of H-pyrrole nitrogens is 1. The van der Waals surface area contributed by atoms with Crippen molar-refractivity contribution in [2.24, 2.45) is 7.05 Å². The van der Waals surface area contributed by atoms with Crippen molar-refractivity contribution < 1.29 is 0 Å². The minimum Gasteiger partial charge on any atom is -0.347 e. The summed E-state index contributed by atoms with van der Waals surface area (Å²) < 4.78 is 1.95. The van der Waals surface area contributed by atoms with Crippen LogP contribution in [0.5, 0.6) is 0 Å². The van der Waals surface area contributed by atoms with E-state index in [1.165, 1.54) is 16.5 Å². The van der Waals surface area contributed by atoms with Crippen molar-refractivity contribution >= 4 is 10.9 Å². The highest BCUT2D eigenvalue weighted by molar-refractivity contribution is 5.81. The summed E-state index contributed by atoms with van der Waals surface area (Å²) >= 11 is 0. The number of imidazole rings is 1. The van der Waals surface area contributed by atoms with Gasteiger partial charge in [0.25, 0.3) is 0 Å². The summed E-state index contributed by atoms with van der Waals surface area (Å²) in [5.74, 6) is 0.928. The predicted octanol–water partition coefficient (Wildman–Crippen LogP) is 3.22. The zero-order valence-corrected chi connectivity index (χ0v) is 14.2. The van der Waals surface area contributed by atoms with Crippen molar-refractivity contribution in [2.75, 3.05) is 6.54 Å². The van der Waals surface area contributed by atoms with Gasteiger partial charge in [-0.1, -0.05) is 48.5 Å². The first kappa shape index (κ1) is 15.6. The molecule has 5 nitrogen and oxygen atoms in total. The van der Waals surface area contributed by atoms with Crippen LogP contribution in [0.15, 0.2) is 67.0 Å². The monoisotopic (exact) mass is 331 g/mol. The molecule has 1 atom stereocenters. The third-order valence-electron chi connectivity index (χ3n) is 4.47. The number of nitrogens with zero attached hydrogens (tertiary/aromatic N) is 3. The molecule has 0 saturated carbocycles. The average Bonchev–Trinajstić information content (AvgIpc) is 3.29. The summed E-state index contributed by atoms with van der Waals surface area (Å²) in [5.41, 5.74) is 3.49. The molecule has 0 aliphatic carbocycles. The fourth-order valence-corrected chi connectivity index (χ4v) is 3.26. The number of aromatic nitrogens is 4. The first-order chi connectivity index (χ1) is 12.3. The Kier molecular flexibility index (Phi) is 4.31. The fraction of sp³-hybridized carbons (Fsp3) is 0.200. The SMILES string of the molecule is Cn1nc(CCN[C@H](c2ccccc2)c2ncc[nH]2)c2ccccc21. The molecule has 0 spiro atoms. The second-order valence-corrected chi connectivity index (χ2v) is 6.11. The van der Waals surface area contributed by atoms with E-state index in [1.807, 2.05) is 30.1 Å². The van der Waals surface area contributed by atoms with Crippen LogP contribution in [0.2, 0.25) is 0 Å². The van der Waals surface area contributed by atoms with Crippen LogP contribution in [-0.2, 0) is 13.5 Å². The summed E-state index contributed by atoms with van der Waals surface area (Å²) in [7, 11) is 1.99. The number of benzene rings is 2. The predicted molar refractivity (Wildman–Crippen MR) is 99.3 cm³/mol. The number of rotatable bonds is 6. The molecule has 5 heteroatoms. The number of hydrogen-bond donors (Lipinski definition) is 2. The second kappa shape index (κ2) is 6.91. The third kappa shape index (κ3) is 3.19. The number of aromatic amines is 1. The van der Waals surface area contributed by atoms with Crippen molar-refractivity contribution in [2.45, 2.75) is 12.5 Å². The Morgan fingerprint density at radius 3 is 2.68 bits per heavy atom. The van der Waals surface area contributed by atoms with E-state index >= 15 is 0 Å². The van der Waals surface area contributed by atoms with Crippen molar-refractivity contribution in [1.29, 1.82) is 0 Å². The van der Waals surface area contributed by atoms with Crippen molar-refractivity contribution in [3.63, 3.8) is 0 Å². The van der Waals surface area contributed by atoms with E-state index in [0.717, 1.165) is 24.5 Å². The smallest absolute Gasteiger partial charge is 0.127 e. The minimum atomic E-state index is 0.0474. The van der Waals surface area contributed by atoms with E-state index in [2.05, 4.69) is 62.8 Å². The molecular weight excluding hydrogens is 310 g/mol. The Morgan fingerprint density at radius 1 is 1.08 bits per heavy atom. The van der Waals surface area contributed by atoms with Crippen molar-refractivity contribution in [3.05, 3.63) is 84.1 Å². The van der Waals surface area contributed by atoms with E-state index in [9.17, 15) is 0 Å². The van der Waals surface area contributed by atoms with Gasteiger partial charge in [-0.25, -0.2) is 4.98 Å². The fourth-order valence-electron chi connectivity index (χ4n) is 3.26. The van der Waals surface area contributed by atoms with Gasteiger partial charge in [-0.05, 0) is 11.6 Å². The molecule has 25 heavy (non-hydrogen) atoms. The number of para-hydroxylation sites is 1. The molecule has 2 aromatic heterocycles. The lowest BCUT2D eigenvalue weighted by Crippen LogP contribution is -2.25. The maximum Gasteiger partial charge on any atom is 0.127 e. The largest absolute Gasteiger partial charge is 0.347 e. The van der Waals surface area contributed by atoms with Gasteiger partial charge in [0.1, 0.15) is 5.82 Å². The molecule has 2 heterocycles. The van der Waals surface area contributed by atoms with Crippen LogP contribution in [-0.4, -0.2) is 26.3 Å². The van der Waals surface area contributed by atoms with Gasteiger partial charge >= 0.3 is 0 Å². The topological polar surface area (TPSA) is 58.5 Å². The molecule has 4 rings (SSSR count). The highest BCUT2D eigenvalue weighted by Gasteiger charge is 2.16. The molecular formula is C20H21N5. The van der Waals surface area contributed by atoms with Gasteiger partial charge in [-0.3, -0.25) is 4.68 Å². The van der Waals surface area contributed by atoms with Gasteiger partial charge in [-0.2, -0.15) is 5.10 Å². The van der Waals surface area contributed by atoms with Gasteiger partial charge in [0.15, 0.2) is 0 Å². The summed E-state index contributed by atoms with van der Waals surface area (Å²) in [6, 6.07) is 18.8. The van der Waals surface area contributed by atoms with E-state index in [-0.39, 0.29) is 6.04 Å². The second-order valence-electron chi connectivity index (χ2n) is 6.11. The Hall–Kier alpha value is -2.92. The molecule has 0 fully saturated rings. The van der Waals surface area contributed by atoms with Crippen molar-refractivity contribution in [1.82, 2.24) is 25.1 Å². The Bertz CT molecular complexity index is 941. The maximum atomic E-state index is 4.68. The van der Waals surface area contributed by atoms with Crippen LogP contribution in [0, 0.1) is 0 Å². The van der Waals surface area contributed by atoms with Gasteiger partial charge in [-0.15, -0.1) is 0 Å². The molecule has 126 valence electrons. The Labute approximate surface area is 146 Å². The lowest BCUT2D eigenvalue weighted by Gasteiger charge is -2.17. The summed E-state index contributed by atoms with van der Waals surface area (Å²) in [4.78, 5) is 7.66. The zero-order chi connectivity index (χ0) is 17.1. The lowest BCUT2D eigenvalue weighted by atomic mass is 10.1. The van der Waals surface area contributed by atoms with Gasteiger partial charge in [0.05, 0.1) is 17.3 Å². The molecule has 0 saturated heterocycles. The number of aryl methyl sites for hydroxylation is 1. The molecule has 4 aromatic rings. The standard InChI is InChI=1S/C20H21N5/c1-25-18-10-6-5-9-16(18)17(24-25)11-12-21-19(20-22-13-14-23-20)15-7-3-2-4-8-15/h2-10,13-14,19,21H,11-12H2,1H3,(H,22,23)/t19-/m1/s1. The van der Waals surface area contributed by atoms with Crippen LogP contribution >= 0.6 is 0 Å². The Balaban J connectivity index is 1.52. The molecule has 0 aliphatic rings. The number of fused-ring (bicyclic) bond motifs is 1. The first-order valence-electron chi connectivity index (χ1n) is 8.51. The normalized spacial score (nSPS) is 12.5. The molecule has 0 aliphatic heterocycles. The van der Waals surface area contributed by atoms with Gasteiger partial charge in [0, 0.05) is 37.8 Å². The molecule has 0 bridgehead atoms. The summed E-state index contributed by atoms with van der Waals surface area (Å²) in [5, 5.41) is 9.52. The molecule has 2 N–H and O–H groups in total. The van der Waals surface area contributed by atoms with Gasteiger partial charge in [0.2, 0.25) is 0 Å². The quantitative estimate of drug-likeness (QED) is 0.570. The number of nitrogens with one attached hydrogen (secondary N) is 2. The first-order valence-corrected chi connectivity index (χ1v) is 8.51. The van der Waals surface area contributed by atoms with E-state index in [1.54, 1.807) is 6.20 Å². The molecule has 2 aromatic carbocycles. The molecule has 0 radical (unpaired) electrons. The Morgan fingerprint density at radius 2 is 1.88 bits per heavy atom. The highest BCUT2D eigenvalue weighted by atomic mass is 15.3. The number of hydrogen-bond acceptors (Lipinski definition) is 3. The average molecular weight is 331 g/mol. The van der Waals surface area contributed by atoms with Crippen LogP contribution in [0.3, 0.4) is 0 Å². The van der Waals surface area contributed by atoms with Crippen LogP contribution < -0.4 is 5.32 Å². The lowest BCUT2D eigenvalue weighted by molar-refractivity contribution is 0.578. The summed E-state index contributed by atoms with van der Waals surface area (Å²) in [6.07, 6.45) is 4.52. The minimum absolute atomic E-state index is 0.0474. The van der Waals surface area contributed by atoms with Gasteiger partial charge < -0.3 is 10.3 Å². The van der Waals surface area contributed by atoms with Crippen LogP contribution in [0.1, 0.15) is 23.1 Å². The zero-order valence-electron chi connectivity index (χ0n) is 14.2. The van der Waals surface area contributed by atoms with Crippen LogP contribution in [0.4, 0.5) is 0 Å². The van der Waals surface area contributed by atoms with E-state index < -0.39 is 0 Å². The highest BCUT2D eigenvalue weighted by Crippen LogP contribution is 2.20. The van der Waals surface area contributed by atoms with Crippen molar-refractivity contribution in [3.8, 4) is 0 Å². The maximum absolute atomic E-state index is 4.68. The molecule has 0 unspecified atom stereocenters. The van der Waals surface area contributed by atoms with E-state index in [0.29, 0.717) is 0 Å². The molecule has 0 amide bonds. The summed E-state index contributed by atoms with van der Waals surface area (Å²) in [6.45, 7) is 0.821. The third-order valence-corrected chi connectivity index (χ3v) is 4.47. The van der Waals surface area contributed by atoms with Crippen LogP contribution in [0.25, 0.3) is 10.9 Å². The van der Waals surface area contributed by atoms with E-state index in [4.69, 9.17) is 0 Å².